The summed E-state index contributed by atoms with van der Waals surface area (Å²) in [5, 5.41) is 14.2. The van der Waals surface area contributed by atoms with Crippen molar-refractivity contribution in [3.8, 4) is 28.1 Å². The van der Waals surface area contributed by atoms with E-state index in [1.54, 1.807) is 22.0 Å². The van der Waals surface area contributed by atoms with Gasteiger partial charge in [-0.3, -0.25) is 14.5 Å². The van der Waals surface area contributed by atoms with Gasteiger partial charge in [-0.05, 0) is 53.3 Å². The second-order valence-electron chi connectivity index (χ2n) is 9.77. The average molecular weight is 497 g/mol. The third-order valence-electron chi connectivity index (χ3n) is 6.56. The second-order valence-corrected chi connectivity index (χ2v) is 9.77. The smallest absolute Gasteiger partial charge is 0.272 e. The molecular formula is C30H32N4O3. The summed E-state index contributed by atoms with van der Waals surface area (Å²) in [5.74, 6) is 1.27. The molecular weight excluding hydrogens is 464 g/mol. The molecule has 0 unspecified atom stereocenters. The van der Waals surface area contributed by atoms with Crippen LogP contribution in [0.15, 0.2) is 73.1 Å². The summed E-state index contributed by atoms with van der Waals surface area (Å²) in [4.78, 5) is 19.2. The topological polar surface area (TPSA) is 80.5 Å². The Hall–Kier alpha value is -3.97. The minimum absolute atomic E-state index is 0.0705. The molecule has 2 aromatic heterocycles. The fourth-order valence-corrected chi connectivity index (χ4v) is 4.75. The van der Waals surface area contributed by atoms with E-state index in [9.17, 15) is 9.90 Å². The van der Waals surface area contributed by atoms with E-state index in [0.29, 0.717) is 37.9 Å². The van der Waals surface area contributed by atoms with E-state index in [-0.39, 0.29) is 12.5 Å². The van der Waals surface area contributed by atoms with Crippen molar-refractivity contribution in [1.82, 2.24) is 19.7 Å². The number of hydrogen-bond acceptors (Lipinski definition) is 5. The Bertz CT molecular complexity index is 1350. The molecule has 1 N–H and O–H groups in total. The SMILES string of the molecule is CC(C)Cc1ccc(COc2ccc(-c3c(-c4ccncc4)nn4c3C(=O)N(CCO)CC4)cc2)cc1. The van der Waals surface area contributed by atoms with Crippen molar-refractivity contribution in [2.75, 3.05) is 19.7 Å². The highest BCUT2D eigenvalue weighted by atomic mass is 16.5. The van der Waals surface area contributed by atoms with Crippen molar-refractivity contribution < 1.29 is 14.6 Å². The number of ether oxygens (including phenoxy) is 1. The van der Waals surface area contributed by atoms with E-state index in [1.165, 1.54) is 5.56 Å². The first-order valence-corrected chi connectivity index (χ1v) is 12.8. The van der Waals surface area contributed by atoms with E-state index in [4.69, 9.17) is 9.84 Å². The van der Waals surface area contributed by atoms with E-state index in [0.717, 1.165) is 40.1 Å². The number of fused-ring (bicyclic) bond motifs is 1. The lowest BCUT2D eigenvalue weighted by molar-refractivity contribution is 0.0662. The first kappa shape index (κ1) is 24.7. The van der Waals surface area contributed by atoms with Crippen LogP contribution in [0.2, 0.25) is 0 Å². The maximum atomic E-state index is 13.4. The number of amides is 1. The molecule has 1 aliphatic heterocycles. The fourth-order valence-electron chi connectivity index (χ4n) is 4.75. The first-order valence-electron chi connectivity index (χ1n) is 12.8. The van der Waals surface area contributed by atoms with Crippen LogP contribution < -0.4 is 4.74 Å². The summed E-state index contributed by atoms with van der Waals surface area (Å²) < 4.78 is 7.84. The molecule has 3 heterocycles. The van der Waals surface area contributed by atoms with Gasteiger partial charge in [0.1, 0.15) is 23.7 Å². The van der Waals surface area contributed by atoms with Gasteiger partial charge in [-0.15, -0.1) is 0 Å². The van der Waals surface area contributed by atoms with Gasteiger partial charge in [0.05, 0.1) is 13.2 Å². The van der Waals surface area contributed by atoms with Crippen LogP contribution in [-0.4, -0.2) is 50.4 Å². The number of pyridine rings is 1. The number of β-amino-alcohol motifs (C(OH)–C–C–N with tert-alkyl or cyclic N) is 1. The first-order chi connectivity index (χ1) is 18.0. The Kier molecular flexibility index (Phi) is 7.32. The number of hydrogen-bond donors (Lipinski definition) is 1. The Labute approximate surface area is 217 Å². The molecule has 0 fully saturated rings. The Balaban J connectivity index is 1.41. The van der Waals surface area contributed by atoms with Gasteiger partial charge < -0.3 is 14.7 Å². The minimum Gasteiger partial charge on any atom is -0.489 e. The van der Waals surface area contributed by atoms with Crippen LogP contribution in [0.4, 0.5) is 0 Å². The number of benzene rings is 2. The minimum atomic E-state index is -0.121. The molecule has 0 saturated heterocycles. The largest absolute Gasteiger partial charge is 0.489 e. The molecule has 4 aromatic rings. The lowest BCUT2D eigenvalue weighted by Gasteiger charge is -2.27. The highest BCUT2D eigenvalue weighted by Gasteiger charge is 2.32. The number of aliphatic hydroxyl groups excluding tert-OH is 1. The summed E-state index contributed by atoms with van der Waals surface area (Å²) in [6.07, 6.45) is 4.52. The molecule has 1 aliphatic rings. The van der Waals surface area contributed by atoms with Crippen molar-refractivity contribution in [2.24, 2.45) is 5.92 Å². The zero-order chi connectivity index (χ0) is 25.8. The van der Waals surface area contributed by atoms with Gasteiger partial charge in [0.25, 0.3) is 5.91 Å². The zero-order valence-corrected chi connectivity index (χ0v) is 21.3. The van der Waals surface area contributed by atoms with E-state index in [1.807, 2.05) is 36.4 Å². The number of carbonyl (C=O) groups is 1. The zero-order valence-electron chi connectivity index (χ0n) is 21.3. The number of aromatic nitrogens is 3. The highest BCUT2D eigenvalue weighted by molar-refractivity contribution is 6.03. The van der Waals surface area contributed by atoms with Crippen molar-refractivity contribution in [3.05, 3.63) is 89.9 Å². The number of carbonyl (C=O) groups excluding carboxylic acids is 1. The summed E-state index contributed by atoms with van der Waals surface area (Å²) in [6, 6.07) is 20.2. The molecule has 0 aliphatic carbocycles. The third-order valence-corrected chi connectivity index (χ3v) is 6.56. The van der Waals surface area contributed by atoms with Crippen LogP contribution in [0.3, 0.4) is 0 Å². The lowest BCUT2D eigenvalue weighted by atomic mass is 9.98. The van der Waals surface area contributed by atoms with Crippen LogP contribution in [0.1, 0.15) is 35.5 Å². The molecule has 2 aromatic carbocycles. The normalized spacial score (nSPS) is 13.2. The monoisotopic (exact) mass is 496 g/mol. The number of nitrogens with zero attached hydrogens (tertiary/aromatic N) is 4. The molecule has 7 heteroatoms. The molecule has 7 nitrogen and oxygen atoms in total. The van der Waals surface area contributed by atoms with Crippen LogP contribution in [0.25, 0.3) is 22.4 Å². The molecule has 0 spiro atoms. The van der Waals surface area contributed by atoms with Crippen LogP contribution >= 0.6 is 0 Å². The average Bonchev–Trinajstić information content (AvgIpc) is 3.31. The van der Waals surface area contributed by atoms with Crippen molar-refractivity contribution in [2.45, 2.75) is 33.4 Å². The van der Waals surface area contributed by atoms with Crippen LogP contribution in [0.5, 0.6) is 5.75 Å². The Morgan fingerprint density at radius 1 is 0.919 bits per heavy atom. The van der Waals surface area contributed by atoms with Gasteiger partial charge >= 0.3 is 0 Å². The van der Waals surface area contributed by atoms with Gasteiger partial charge in [-0.25, -0.2) is 0 Å². The summed E-state index contributed by atoms with van der Waals surface area (Å²) in [6.45, 7) is 6.27. The van der Waals surface area contributed by atoms with E-state index < -0.39 is 0 Å². The van der Waals surface area contributed by atoms with Gasteiger partial charge in [0.2, 0.25) is 0 Å². The predicted octanol–water partition coefficient (Wildman–Crippen LogP) is 4.84. The van der Waals surface area contributed by atoms with Crippen molar-refractivity contribution in [1.29, 1.82) is 0 Å². The maximum absolute atomic E-state index is 13.4. The molecule has 0 atom stereocenters. The summed E-state index contributed by atoms with van der Waals surface area (Å²) in [5.41, 5.74) is 6.31. The highest BCUT2D eigenvalue weighted by Crippen LogP contribution is 2.37. The summed E-state index contributed by atoms with van der Waals surface area (Å²) >= 11 is 0. The number of aliphatic hydroxyl groups is 1. The van der Waals surface area contributed by atoms with Crippen LogP contribution in [0, 0.1) is 5.92 Å². The van der Waals surface area contributed by atoms with Crippen LogP contribution in [-0.2, 0) is 19.6 Å². The molecule has 1 amide bonds. The quantitative estimate of drug-likeness (QED) is 0.359. The standard InChI is InChI=1S/C30H32N4O3/c1-21(2)19-22-3-5-23(6-4-22)20-37-26-9-7-24(8-10-26)27-28(25-11-13-31-14-12-25)32-34-16-15-33(17-18-35)30(36)29(27)34/h3-14,21,35H,15-20H2,1-2H3. The van der Waals surface area contributed by atoms with E-state index >= 15 is 0 Å². The molecule has 0 radical (unpaired) electrons. The second kappa shape index (κ2) is 11.0. The summed E-state index contributed by atoms with van der Waals surface area (Å²) in [7, 11) is 0. The van der Waals surface area contributed by atoms with Gasteiger partial charge in [-0.1, -0.05) is 50.2 Å². The Morgan fingerprint density at radius 3 is 2.30 bits per heavy atom. The van der Waals surface area contributed by atoms with E-state index in [2.05, 4.69) is 43.1 Å². The lowest BCUT2D eigenvalue weighted by Crippen LogP contribution is -2.42. The van der Waals surface area contributed by atoms with Crippen molar-refractivity contribution in [3.63, 3.8) is 0 Å². The Morgan fingerprint density at radius 2 is 1.62 bits per heavy atom. The number of rotatable bonds is 9. The molecule has 0 saturated carbocycles. The fraction of sp³-hybridized carbons (Fsp3) is 0.300. The third kappa shape index (κ3) is 5.42. The van der Waals surface area contributed by atoms with Gasteiger partial charge in [0.15, 0.2) is 0 Å². The van der Waals surface area contributed by atoms with Gasteiger partial charge in [-0.2, -0.15) is 5.10 Å². The molecule has 5 rings (SSSR count). The van der Waals surface area contributed by atoms with Gasteiger partial charge in [0, 0.05) is 36.6 Å². The molecule has 0 bridgehead atoms. The van der Waals surface area contributed by atoms with Crippen molar-refractivity contribution >= 4 is 5.91 Å². The molecule has 190 valence electrons. The molecule has 37 heavy (non-hydrogen) atoms. The maximum Gasteiger partial charge on any atom is 0.272 e. The predicted molar refractivity (Wildman–Crippen MR) is 143 cm³/mol.